The van der Waals surface area contributed by atoms with Gasteiger partial charge in [0.2, 0.25) is 5.91 Å². The van der Waals surface area contributed by atoms with E-state index < -0.39 is 17.3 Å². The monoisotopic (exact) mass is 378 g/mol. The first kappa shape index (κ1) is 20.5. The lowest BCUT2D eigenvalue weighted by molar-refractivity contribution is -0.148. The maximum absolute atomic E-state index is 12.9. The zero-order valence-corrected chi connectivity index (χ0v) is 16.1. The van der Waals surface area contributed by atoms with Crippen LogP contribution in [0.15, 0.2) is 12.1 Å². The van der Waals surface area contributed by atoms with Gasteiger partial charge in [0, 0.05) is 25.6 Å². The quantitative estimate of drug-likeness (QED) is 0.755. The molecule has 2 amide bonds. The minimum Gasteiger partial charge on any atom is -0.493 e. The number of carbonyl (C=O) groups excluding carboxylic acids is 2. The van der Waals surface area contributed by atoms with E-state index in [2.05, 4.69) is 5.32 Å². The fourth-order valence-corrected chi connectivity index (χ4v) is 2.92. The highest BCUT2D eigenvalue weighted by Crippen LogP contribution is 2.35. The Balaban J connectivity index is 2.36. The van der Waals surface area contributed by atoms with Crippen LogP contribution in [0, 0.1) is 5.41 Å². The summed E-state index contributed by atoms with van der Waals surface area (Å²) in [5, 5.41) is 11.9. The third-order valence-corrected chi connectivity index (χ3v) is 4.60. The second-order valence-electron chi connectivity index (χ2n) is 7.17. The molecule has 1 aromatic carbocycles. The number of likely N-dealkylation sites (tertiary alicyclic amines) is 1. The fraction of sp³-hybridized carbons (Fsp3) is 0.526. The van der Waals surface area contributed by atoms with Crippen LogP contribution in [0.4, 0.5) is 5.69 Å². The van der Waals surface area contributed by atoms with Gasteiger partial charge in [-0.2, -0.15) is 0 Å². The number of hydrogen-bond donors (Lipinski definition) is 2. The number of anilines is 1. The van der Waals surface area contributed by atoms with E-state index in [1.54, 1.807) is 4.90 Å². The van der Waals surface area contributed by atoms with Gasteiger partial charge in [-0.3, -0.25) is 14.4 Å². The number of carboxylic acid groups (broad SMARTS) is 1. The molecule has 2 N–H and O–H groups in total. The van der Waals surface area contributed by atoms with Gasteiger partial charge in [-0.05, 0) is 32.8 Å². The van der Waals surface area contributed by atoms with E-state index >= 15 is 0 Å². The molecule has 0 bridgehead atoms. The van der Waals surface area contributed by atoms with Crippen molar-refractivity contribution in [3.63, 3.8) is 0 Å². The number of rotatable bonds is 7. The van der Waals surface area contributed by atoms with Crippen LogP contribution in [0.25, 0.3) is 0 Å². The minimum atomic E-state index is -1.22. The lowest BCUT2D eigenvalue weighted by atomic mass is 9.89. The van der Waals surface area contributed by atoms with Crippen molar-refractivity contribution >= 4 is 23.5 Å². The predicted octanol–water partition coefficient (Wildman–Crippen LogP) is 2.38. The second-order valence-corrected chi connectivity index (χ2v) is 7.17. The molecular formula is C19H26N2O6. The number of hydrogen-bond acceptors (Lipinski definition) is 5. The molecule has 0 radical (unpaired) electrons. The normalized spacial score (nSPS) is 14.0. The summed E-state index contributed by atoms with van der Waals surface area (Å²) in [5.74, 6) is -1.03. The van der Waals surface area contributed by atoms with Crippen molar-refractivity contribution in [2.75, 3.05) is 32.6 Å². The molecule has 1 fully saturated rings. The molecule has 8 nitrogen and oxygen atoms in total. The van der Waals surface area contributed by atoms with Crippen LogP contribution in [0.5, 0.6) is 11.5 Å². The summed E-state index contributed by atoms with van der Waals surface area (Å²) in [6.45, 7) is 4.26. The Morgan fingerprint density at radius 1 is 1.11 bits per heavy atom. The highest BCUT2D eigenvalue weighted by molar-refractivity contribution is 6.05. The molecule has 1 aliphatic rings. The Morgan fingerprint density at radius 3 is 2.19 bits per heavy atom. The number of nitrogens with zero attached hydrogens (tertiary/aromatic N) is 1. The Kier molecular flexibility index (Phi) is 6.30. The van der Waals surface area contributed by atoms with Crippen molar-refractivity contribution in [1.82, 2.24) is 4.90 Å². The Bertz CT molecular complexity index is 738. The first-order valence-electron chi connectivity index (χ1n) is 8.78. The van der Waals surface area contributed by atoms with Crippen molar-refractivity contribution in [3.05, 3.63) is 17.7 Å². The smallest absolute Gasteiger partial charge is 0.309 e. The Morgan fingerprint density at radius 2 is 1.67 bits per heavy atom. The van der Waals surface area contributed by atoms with Crippen LogP contribution in [0.2, 0.25) is 0 Å². The molecule has 0 atom stereocenters. The summed E-state index contributed by atoms with van der Waals surface area (Å²) >= 11 is 0. The first-order chi connectivity index (χ1) is 12.7. The van der Waals surface area contributed by atoms with Crippen molar-refractivity contribution < 1.29 is 29.0 Å². The van der Waals surface area contributed by atoms with E-state index in [0.717, 1.165) is 12.8 Å². The topological polar surface area (TPSA) is 105 Å². The summed E-state index contributed by atoms with van der Waals surface area (Å²) in [5.41, 5.74) is -0.661. The highest BCUT2D eigenvalue weighted by atomic mass is 16.5. The standard InChI is InChI=1S/C19H26N2O6/c1-19(2,18(24)25)11-16(22)20-13-10-15(27-4)14(26-3)9-12(13)17(23)21-7-5-6-8-21/h9-10H,5-8,11H2,1-4H3,(H,20,22)(H,24,25). The Labute approximate surface area is 158 Å². The summed E-state index contributed by atoms with van der Waals surface area (Å²) in [6, 6.07) is 3.06. The van der Waals surface area contributed by atoms with Gasteiger partial charge in [0.05, 0.1) is 30.9 Å². The van der Waals surface area contributed by atoms with Crippen molar-refractivity contribution in [2.45, 2.75) is 33.1 Å². The molecule has 27 heavy (non-hydrogen) atoms. The van der Waals surface area contributed by atoms with Crippen LogP contribution in [0.3, 0.4) is 0 Å². The highest BCUT2D eigenvalue weighted by Gasteiger charge is 2.31. The van der Waals surface area contributed by atoms with Gasteiger partial charge in [0.15, 0.2) is 11.5 Å². The maximum atomic E-state index is 12.9. The van der Waals surface area contributed by atoms with E-state index in [0.29, 0.717) is 24.6 Å². The van der Waals surface area contributed by atoms with Crippen LogP contribution >= 0.6 is 0 Å². The maximum Gasteiger partial charge on any atom is 0.309 e. The van der Waals surface area contributed by atoms with Gasteiger partial charge in [0.25, 0.3) is 5.91 Å². The average molecular weight is 378 g/mol. The molecule has 148 valence electrons. The molecule has 1 heterocycles. The van der Waals surface area contributed by atoms with Crippen molar-refractivity contribution in [1.29, 1.82) is 0 Å². The van der Waals surface area contributed by atoms with Crippen molar-refractivity contribution in [3.8, 4) is 11.5 Å². The average Bonchev–Trinajstić information content (AvgIpc) is 3.14. The second kappa shape index (κ2) is 8.28. The minimum absolute atomic E-state index is 0.207. The summed E-state index contributed by atoms with van der Waals surface area (Å²) in [6.07, 6.45) is 1.65. The van der Waals surface area contributed by atoms with E-state index in [1.165, 1.54) is 40.2 Å². The SMILES string of the molecule is COc1cc(NC(=O)CC(C)(C)C(=O)O)c(C(=O)N2CCCC2)cc1OC. The summed E-state index contributed by atoms with van der Waals surface area (Å²) < 4.78 is 10.5. The number of carbonyl (C=O) groups is 3. The number of methoxy groups -OCH3 is 2. The van der Waals surface area contributed by atoms with E-state index in [-0.39, 0.29) is 23.6 Å². The van der Waals surface area contributed by atoms with Crippen molar-refractivity contribution in [2.24, 2.45) is 5.41 Å². The third-order valence-electron chi connectivity index (χ3n) is 4.60. The zero-order valence-electron chi connectivity index (χ0n) is 16.1. The number of aliphatic carboxylic acids is 1. The first-order valence-corrected chi connectivity index (χ1v) is 8.78. The molecule has 0 saturated carbocycles. The molecular weight excluding hydrogens is 352 g/mol. The van der Waals surface area contributed by atoms with Gasteiger partial charge < -0.3 is 24.8 Å². The number of ether oxygens (including phenoxy) is 2. The molecule has 1 aliphatic heterocycles. The van der Waals surface area contributed by atoms with Crippen LogP contribution in [0.1, 0.15) is 43.5 Å². The lowest BCUT2D eigenvalue weighted by Gasteiger charge is -2.22. The number of nitrogens with one attached hydrogen (secondary N) is 1. The summed E-state index contributed by atoms with van der Waals surface area (Å²) in [7, 11) is 2.93. The van der Waals surface area contributed by atoms with Crippen LogP contribution < -0.4 is 14.8 Å². The molecule has 0 aromatic heterocycles. The molecule has 1 saturated heterocycles. The number of carboxylic acids is 1. The molecule has 0 unspecified atom stereocenters. The molecule has 8 heteroatoms. The van der Waals surface area contributed by atoms with E-state index in [9.17, 15) is 19.5 Å². The van der Waals surface area contributed by atoms with Gasteiger partial charge in [-0.25, -0.2) is 0 Å². The van der Waals surface area contributed by atoms with Gasteiger partial charge >= 0.3 is 5.97 Å². The molecule has 0 aliphatic carbocycles. The molecule has 0 spiro atoms. The third kappa shape index (κ3) is 4.69. The summed E-state index contributed by atoms with van der Waals surface area (Å²) in [4.78, 5) is 38.3. The zero-order chi connectivity index (χ0) is 20.2. The van der Waals surface area contributed by atoms with E-state index in [1.807, 2.05) is 0 Å². The fourth-order valence-electron chi connectivity index (χ4n) is 2.92. The van der Waals surface area contributed by atoms with Gasteiger partial charge in [-0.1, -0.05) is 0 Å². The van der Waals surface area contributed by atoms with Gasteiger partial charge in [-0.15, -0.1) is 0 Å². The van der Waals surface area contributed by atoms with E-state index in [4.69, 9.17) is 9.47 Å². The lowest BCUT2D eigenvalue weighted by Crippen LogP contribution is -2.31. The molecule has 1 aromatic rings. The van der Waals surface area contributed by atoms with Gasteiger partial charge in [0.1, 0.15) is 0 Å². The predicted molar refractivity (Wildman–Crippen MR) is 99.3 cm³/mol. The van der Waals surface area contributed by atoms with Crippen LogP contribution in [-0.4, -0.2) is 55.1 Å². The Hall–Kier alpha value is -2.77. The largest absolute Gasteiger partial charge is 0.493 e. The number of amides is 2. The van der Waals surface area contributed by atoms with Crippen LogP contribution in [-0.2, 0) is 9.59 Å². The molecule has 2 rings (SSSR count). The number of benzene rings is 1.